The van der Waals surface area contributed by atoms with E-state index in [2.05, 4.69) is 0 Å². The van der Waals surface area contributed by atoms with E-state index in [0.717, 1.165) is 5.56 Å². The molecule has 0 aromatic heterocycles. The first-order valence-corrected chi connectivity index (χ1v) is 8.86. The minimum absolute atomic E-state index is 0.0355. The standard InChI is InChI=1S/C23H16O6/c1-29-17-4-2-3-15-18(17)22(26)19-16(21(15)25)10-9-14(20(19)24)11-12-5-7-13(8-6-12)23(27)28/h2-10,24H,11H2,1H3,(H,27,28). The average Bonchev–Trinajstić information content (AvgIpc) is 2.73. The number of phenolic OH excluding ortho intramolecular Hbond substituents is 1. The molecule has 1 aliphatic rings. The van der Waals surface area contributed by atoms with Crippen molar-refractivity contribution in [2.75, 3.05) is 7.11 Å². The Labute approximate surface area is 166 Å². The van der Waals surface area contributed by atoms with Gasteiger partial charge in [-0.15, -0.1) is 0 Å². The molecular formula is C23H16O6. The second kappa shape index (κ2) is 6.91. The van der Waals surface area contributed by atoms with E-state index in [1.165, 1.54) is 19.2 Å². The lowest BCUT2D eigenvalue weighted by Gasteiger charge is -2.21. The summed E-state index contributed by atoms with van der Waals surface area (Å²) in [5.41, 5.74) is 1.89. The lowest BCUT2D eigenvalue weighted by molar-refractivity contribution is 0.0696. The van der Waals surface area contributed by atoms with Gasteiger partial charge in [0.25, 0.3) is 0 Å². The predicted molar refractivity (Wildman–Crippen MR) is 104 cm³/mol. The Morgan fingerprint density at radius 3 is 2.24 bits per heavy atom. The average molecular weight is 388 g/mol. The molecule has 6 nitrogen and oxygen atoms in total. The van der Waals surface area contributed by atoms with Crippen molar-refractivity contribution in [3.8, 4) is 11.5 Å². The molecule has 0 saturated carbocycles. The van der Waals surface area contributed by atoms with Crippen LogP contribution in [0.4, 0.5) is 0 Å². The first kappa shape index (κ1) is 18.4. The molecule has 0 aliphatic heterocycles. The van der Waals surface area contributed by atoms with Crippen LogP contribution in [0.2, 0.25) is 0 Å². The number of hydrogen-bond acceptors (Lipinski definition) is 5. The van der Waals surface area contributed by atoms with Crippen molar-refractivity contribution in [3.63, 3.8) is 0 Å². The number of phenols is 1. The third-order valence-corrected chi connectivity index (χ3v) is 5.05. The number of methoxy groups -OCH3 is 1. The Bertz CT molecular complexity index is 1170. The van der Waals surface area contributed by atoms with Crippen molar-refractivity contribution >= 4 is 17.5 Å². The van der Waals surface area contributed by atoms with Crippen LogP contribution in [-0.2, 0) is 6.42 Å². The monoisotopic (exact) mass is 388 g/mol. The fourth-order valence-corrected chi connectivity index (χ4v) is 3.58. The maximum atomic E-state index is 13.1. The molecule has 0 spiro atoms. The smallest absolute Gasteiger partial charge is 0.335 e. The molecule has 3 aromatic carbocycles. The lowest BCUT2D eigenvalue weighted by atomic mass is 9.81. The molecule has 4 rings (SSSR count). The Hall–Kier alpha value is -3.93. The molecular weight excluding hydrogens is 372 g/mol. The number of benzene rings is 3. The van der Waals surface area contributed by atoms with Crippen LogP contribution in [0, 0.1) is 0 Å². The molecule has 29 heavy (non-hydrogen) atoms. The SMILES string of the molecule is COc1cccc2c1C(=O)c1c(ccc(Cc3ccc(C(=O)O)cc3)c1O)C2=O. The molecule has 0 saturated heterocycles. The minimum atomic E-state index is -1.02. The molecule has 0 atom stereocenters. The zero-order valence-electron chi connectivity index (χ0n) is 15.4. The largest absolute Gasteiger partial charge is 0.507 e. The van der Waals surface area contributed by atoms with Crippen LogP contribution in [0.15, 0.2) is 54.6 Å². The van der Waals surface area contributed by atoms with Gasteiger partial charge in [-0.1, -0.05) is 30.3 Å². The summed E-state index contributed by atoms with van der Waals surface area (Å²) in [5.74, 6) is -1.81. The third kappa shape index (κ3) is 2.95. The fourth-order valence-electron chi connectivity index (χ4n) is 3.58. The highest BCUT2D eigenvalue weighted by atomic mass is 16.5. The summed E-state index contributed by atoms with van der Waals surface area (Å²) < 4.78 is 5.24. The molecule has 3 aromatic rings. The van der Waals surface area contributed by atoms with Gasteiger partial charge < -0.3 is 14.9 Å². The normalized spacial score (nSPS) is 12.3. The zero-order valence-corrected chi connectivity index (χ0v) is 15.4. The van der Waals surface area contributed by atoms with Crippen LogP contribution in [-0.4, -0.2) is 34.9 Å². The van der Waals surface area contributed by atoms with Crippen molar-refractivity contribution in [1.29, 1.82) is 0 Å². The second-order valence-electron chi connectivity index (χ2n) is 6.72. The Kier molecular flexibility index (Phi) is 4.39. The lowest BCUT2D eigenvalue weighted by Crippen LogP contribution is -2.22. The highest BCUT2D eigenvalue weighted by molar-refractivity contribution is 6.30. The Morgan fingerprint density at radius 1 is 0.897 bits per heavy atom. The van der Waals surface area contributed by atoms with Crippen LogP contribution < -0.4 is 4.74 Å². The van der Waals surface area contributed by atoms with Gasteiger partial charge in [0.05, 0.1) is 23.8 Å². The molecule has 0 heterocycles. The van der Waals surface area contributed by atoms with Gasteiger partial charge in [-0.25, -0.2) is 4.79 Å². The van der Waals surface area contributed by atoms with E-state index < -0.39 is 11.8 Å². The number of carboxylic acid groups (broad SMARTS) is 1. The molecule has 1 aliphatic carbocycles. The van der Waals surface area contributed by atoms with E-state index in [1.54, 1.807) is 42.5 Å². The van der Waals surface area contributed by atoms with Crippen LogP contribution in [0.5, 0.6) is 11.5 Å². The number of carbonyl (C=O) groups is 3. The first-order valence-electron chi connectivity index (χ1n) is 8.86. The van der Waals surface area contributed by atoms with Crippen LogP contribution in [0.1, 0.15) is 53.3 Å². The number of carbonyl (C=O) groups excluding carboxylic acids is 2. The van der Waals surface area contributed by atoms with Gasteiger partial charge in [0.15, 0.2) is 5.78 Å². The Morgan fingerprint density at radius 2 is 1.59 bits per heavy atom. The highest BCUT2D eigenvalue weighted by Gasteiger charge is 2.35. The van der Waals surface area contributed by atoms with E-state index in [-0.39, 0.29) is 51.5 Å². The highest BCUT2D eigenvalue weighted by Crippen LogP contribution is 2.38. The van der Waals surface area contributed by atoms with E-state index >= 15 is 0 Å². The fraction of sp³-hybridized carbons (Fsp3) is 0.0870. The topological polar surface area (TPSA) is 101 Å². The number of aromatic carboxylic acids is 1. The van der Waals surface area contributed by atoms with E-state index in [4.69, 9.17) is 9.84 Å². The first-order chi connectivity index (χ1) is 13.9. The summed E-state index contributed by atoms with van der Waals surface area (Å²) in [6, 6.07) is 14.2. The molecule has 2 N–H and O–H groups in total. The summed E-state index contributed by atoms with van der Waals surface area (Å²) in [7, 11) is 1.42. The number of fused-ring (bicyclic) bond motifs is 2. The molecule has 0 fully saturated rings. The molecule has 6 heteroatoms. The second-order valence-corrected chi connectivity index (χ2v) is 6.72. The van der Waals surface area contributed by atoms with Gasteiger partial charge in [0.2, 0.25) is 5.78 Å². The third-order valence-electron chi connectivity index (χ3n) is 5.05. The van der Waals surface area contributed by atoms with Gasteiger partial charge in [0, 0.05) is 17.5 Å². The van der Waals surface area contributed by atoms with Gasteiger partial charge in [-0.2, -0.15) is 0 Å². The molecule has 0 amide bonds. The van der Waals surface area contributed by atoms with Crippen molar-refractivity contribution in [3.05, 3.63) is 93.5 Å². The molecule has 0 radical (unpaired) electrons. The van der Waals surface area contributed by atoms with Crippen LogP contribution in [0.25, 0.3) is 0 Å². The predicted octanol–water partition coefficient (Wildman–Crippen LogP) is 3.47. The van der Waals surface area contributed by atoms with Crippen LogP contribution >= 0.6 is 0 Å². The van der Waals surface area contributed by atoms with Gasteiger partial charge in [-0.3, -0.25) is 9.59 Å². The van der Waals surface area contributed by atoms with Crippen molar-refractivity contribution in [2.45, 2.75) is 6.42 Å². The number of aromatic hydroxyl groups is 1. The van der Waals surface area contributed by atoms with Crippen LogP contribution in [0.3, 0.4) is 0 Å². The van der Waals surface area contributed by atoms with E-state index in [9.17, 15) is 19.5 Å². The zero-order chi connectivity index (χ0) is 20.7. The van der Waals surface area contributed by atoms with Gasteiger partial charge in [-0.05, 0) is 35.4 Å². The van der Waals surface area contributed by atoms with Crippen molar-refractivity contribution in [1.82, 2.24) is 0 Å². The number of rotatable bonds is 4. The molecule has 0 bridgehead atoms. The van der Waals surface area contributed by atoms with E-state index in [1.807, 2.05) is 0 Å². The summed E-state index contributed by atoms with van der Waals surface area (Å²) in [6.45, 7) is 0. The summed E-state index contributed by atoms with van der Waals surface area (Å²) in [5, 5.41) is 19.8. The number of ketones is 2. The minimum Gasteiger partial charge on any atom is -0.507 e. The van der Waals surface area contributed by atoms with Crippen molar-refractivity contribution < 1.29 is 29.3 Å². The van der Waals surface area contributed by atoms with Gasteiger partial charge in [0.1, 0.15) is 11.5 Å². The number of ether oxygens (including phenoxy) is 1. The van der Waals surface area contributed by atoms with Crippen molar-refractivity contribution in [2.24, 2.45) is 0 Å². The maximum Gasteiger partial charge on any atom is 0.335 e. The quantitative estimate of drug-likeness (QED) is 0.555. The van der Waals surface area contributed by atoms with Gasteiger partial charge >= 0.3 is 5.97 Å². The molecule has 0 unspecified atom stereocenters. The summed E-state index contributed by atoms with van der Waals surface area (Å²) in [4.78, 5) is 37.0. The summed E-state index contributed by atoms with van der Waals surface area (Å²) >= 11 is 0. The van der Waals surface area contributed by atoms with E-state index in [0.29, 0.717) is 5.56 Å². The molecule has 144 valence electrons. The summed E-state index contributed by atoms with van der Waals surface area (Å²) in [6.07, 6.45) is 0.277. The number of carboxylic acids is 1. The number of hydrogen-bond donors (Lipinski definition) is 2. The Balaban J connectivity index is 1.77. The maximum absolute atomic E-state index is 13.1.